The number of ketones is 1. The molecule has 1 heterocycles. The van der Waals surface area contributed by atoms with Crippen molar-refractivity contribution in [3.63, 3.8) is 0 Å². The quantitative estimate of drug-likeness (QED) is 0.659. The van der Waals surface area contributed by atoms with Crippen LogP contribution in [0.15, 0.2) is 28.7 Å². The number of hydrogen-bond donors (Lipinski definition) is 1. The second-order valence-electron chi connectivity index (χ2n) is 3.62. The number of thiophene rings is 1. The van der Waals surface area contributed by atoms with Gasteiger partial charge in [-0.1, -0.05) is 11.6 Å². The maximum atomic E-state index is 12.2. The summed E-state index contributed by atoms with van der Waals surface area (Å²) in [4.78, 5) is 13.9. The maximum absolute atomic E-state index is 12.2. The summed E-state index contributed by atoms with van der Waals surface area (Å²) >= 11 is 10.7. The van der Waals surface area contributed by atoms with Gasteiger partial charge in [-0.05, 0) is 47.1 Å². The Hall–Kier alpha value is -0.840. The fraction of sp³-hybridized carbons (Fsp3) is 0.0833. The fourth-order valence-corrected chi connectivity index (χ4v) is 3.20. The Morgan fingerprint density at radius 3 is 2.59 bits per heavy atom. The highest BCUT2D eigenvalue weighted by Crippen LogP contribution is 2.29. The molecule has 1 aromatic heterocycles. The number of aryl methyl sites for hydroxylation is 1. The summed E-state index contributed by atoms with van der Waals surface area (Å²) in [5.41, 5.74) is 6.68. The Bertz CT molecular complexity index is 554. The van der Waals surface area contributed by atoms with Crippen molar-refractivity contribution in [2.75, 3.05) is 5.73 Å². The van der Waals surface area contributed by atoms with Crippen molar-refractivity contribution >= 4 is 50.3 Å². The Balaban J connectivity index is 2.43. The Morgan fingerprint density at radius 1 is 1.35 bits per heavy atom. The lowest BCUT2D eigenvalue weighted by atomic mass is 10.1. The molecule has 17 heavy (non-hydrogen) atoms. The maximum Gasteiger partial charge on any atom is 0.203 e. The number of carbonyl (C=O) groups is 1. The lowest BCUT2D eigenvalue weighted by molar-refractivity contribution is 0.104. The monoisotopic (exact) mass is 329 g/mol. The van der Waals surface area contributed by atoms with Gasteiger partial charge in [0.1, 0.15) is 0 Å². The van der Waals surface area contributed by atoms with Crippen molar-refractivity contribution in [3.05, 3.63) is 49.1 Å². The van der Waals surface area contributed by atoms with Gasteiger partial charge in [-0.25, -0.2) is 0 Å². The van der Waals surface area contributed by atoms with E-state index in [1.54, 1.807) is 18.2 Å². The smallest absolute Gasteiger partial charge is 0.203 e. The summed E-state index contributed by atoms with van der Waals surface area (Å²) in [6.45, 7) is 1.96. The van der Waals surface area contributed by atoms with Gasteiger partial charge in [0.2, 0.25) is 5.78 Å². The minimum Gasteiger partial charge on any atom is -0.399 e. The molecule has 2 rings (SSSR count). The number of nitrogens with two attached hydrogens (primary N) is 1. The van der Waals surface area contributed by atoms with Crippen LogP contribution in [0, 0.1) is 6.92 Å². The highest BCUT2D eigenvalue weighted by atomic mass is 79.9. The minimum atomic E-state index is -0.0574. The molecule has 0 amide bonds. The summed E-state index contributed by atoms with van der Waals surface area (Å²) in [6, 6.07) is 6.70. The molecule has 2 aromatic rings. The summed E-state index contributed by atoms with van der Waals surface area (Å²) < 4.78 is 0.945. The van der Waals surface area contributed by atoms with E-state index in [4.69, 9.17) is 17.3 Å². The van der Waals surface area contributed by atoms with E-state index in [0.29, 0.717) is 21.2 Å². The molecule has 0 fully saturated rings. The molecule has 0 saturated heterocycles. The van der Waals surface area contributed by atoms with Crippen LogP contribution in [-0.4, -0.2) is 5.78 Å². The molecule has 1 aromatic carbocycles. The summed E-state index contributed by atoms with van der Waals surface area (Å²) in [5, 5.41) is 0.473. The molecule has 0 saturated carbocycles. The van der Waals surface area contributed by atoms with Crippen LogP contribution in [-0.2, 0) is 0 Å². The SMILES string of the molecule is Cc1sc(C(=O)c2cc(N)cc(Cl)c2)cc1Br. The van der Waals surface area contributed by atoms with Crippen LogP contribution < -0.4 is 5.73 Å². The summed E-state index contributed by atoms with van der Waals surface area (Å²) in [5.74, 6) is -0.0574. The molecule has 5 heteroatoms. The average Bonchev–Trinajstić information content (AvgIpc) is 2.57. The van der Waals surface area contributed by atoms with Crippen LogP contribution in [0.25, 0.3) is 0 Å². The van der Waals surface area contributed by atoms with Crippen LogP contribution in [0.4, 0.5) is 5.69 Å². The van der Waals surface area contributed by atoms with Crippen molar-refractivity contribution in [1.82, 2.24) is 0 Å². The van der Waals surface area contributed by atoms with Crippen molar-refractivity contribution < 1.29 is 4.79 Å². The van der Waals surface area contributed by atoms with Crippen molar-refractivity contribution in [2.24, 2.45) is 0 Å². The topological polar surface area (TPSA) is 43.1 Å². The standard InChI is InChI=1S/C12H9BrClNOS/c1-6-10(13)5-11(17-6)12(16)7-2-8(14)4-9(15)3-7/h2-5H,15H2,1H3. The molecular formula is C12H9BrClNOS. The van der Waals surface area contributed by atoms with E-state index < -0.39 is 0 Å². The van der Waals surface area contributed by atoms with Gasteiger partial charge in [-0.3, -0.25) is 4.79 Å². The highest BCUT2D eigenvalue weighted by molar-refractivity contribution is 9.10. The van der Waals surface area contributed by atoms with Crippen LogP contribution in [0.3, 0.4) is 0 Å². The summed E-state index contributed by atoms with van der Waals surface area (Å²) in [7, 11) is 0. The Kier molecular flexibility index (Phi) is 3.56. The largest absolute Gasteiger partial charge is 0.399 e. The number of anilines is 1. The molecule has 2 N–H and O–H groups in total. The van der Waals surface area contributed by atoms with Crippen LogP contribution in [0.2, 0.25) is 5.02 Å². The van der Waals surface area contributed by atoms with E-state index in [1.807, 2.05) is 13.0 Å². The predicted molar refractivity (Wildman–Crippen MR) is 76.1 cm³/mol. The zero-order valence-electron chi connectivity index (χ0n) is 8.96. The van der Waals surface area contributed by atoms with Gasteiger partial charge in [0.25, 0.3) is 0 Å². The first kappa shape index (κ1) is 12.6. The minimum absolute atomic E-state index is 0.0574. The number of nitrogen functional groups attached to an aromatic ring is 1. The lowest BCUT2D eigenvalue weighted by Crippen LogP contribution is -1.99. The number of rotatable bonds is 2. The van der Waals surface area contributed by atoms with Gasteiger partial charge in [0.15, 0.2) is 0 Å². The zero-order valence-corrected chi connectivity index (χ0v) is 12.1. The number of halogens is 2. The number of carbonyl (C=O) groups excluding carboxylic acids is 1. The molecule has 0 aliphatic carbocycles. The molecule has 0 unspecified atom stereocenters. The number of benzene rings is 1. The van der Waals surface area contributed by atoms with E-state index in [2.05, 4.69) is 15.9 Å². The third-order valence-electron chi connectivity index (χ3n) is 2.26. The normalized spacial score (nSPS) is 10.5. The Morgan fingerprint density at radius 2 is 2.06 bits per heavy atom. The van der Waals surface area contributed by atoms with E-state index in [-0.39, 0.29) is 5.78 Å². The zero-order chi connectivity index (χ0) is 12.6. The average molecular weight is 331 g/mol. The first-order valence-electron chi connectivity index (χ1n) is 4.84. The molecule has 0 spiro atoms. The van der Waals surface area contributed by atoms with E-state index in [1.165, 1.54) is 11.3 Å². The van der Waals surface area contributed by atoms with Gasteiger partial charge in [-0.2, -0.15) is 0 Å². The second kappa shape index (κ2) is 4.80. The molecule has 2 nitrogen and oxygen atoms in total. The molecular weight excluding hydrogens is 322 g/mol. The third kappa shape index (κ3) is 2.70. The van der Waals surface area contributed by atoms with Gasteiger partial charge in [0.05, 0.1) is 4.88 Å². The first-order chi connectivity index (χ1) is 7.97. The second-order valence-corrected chi connectivity index (χ2v) is 6.16. The number of hydrogen-bond acceptors (Lipinski definition) is 3. The highest BCUT2D eigenvalue weighted by Gasteiger charge is 2.14. The van der Waals surface area contributed by atoms with E-state index in [0.717, 1.165) is 9.35 Å². The van der Waals surface area contributed by atoms with Crippen molar-refractivity contribution in [2.45, 2.75) is 6.92 Å². The van der Waals surface area contributed by atoms with E-state index in [9.17, 15) is 4.79 Å². The van der Waals surface area contributed by atoms with Gasteiger partial charge in [-0.15, -0.1) is 11.3 Å². The molecule has 0 bridgehead atoms. The van der Waals surface area contributed by atoms with Gasteiger partial charge < -0.3 is 5.73 Å². The molecule has 0 aliphatic rings. The van der Waals surface area contributed by atoms with Crippen LogP contribution >= 0.6 is 38.9 Å². The third-order valence-corrected chi connectivity index (χ3v) is 4.62. The van der Waals surface area contributed by atoms with Crippen molar-refractivity contribution in [3.8, 4) is 0 Å². The molecule has 0 aliphatic heterocycles. The molecule has 0 radical (unpaired) electrons. The van der Waals surface area contributed by atoms with Crippen LogP contribution in [0.1, 0.15) is 20.1 Å². The van der Waals surface area contributed by atoms with E-state index >= 15 is 0 Å². The first-order valence-corrected chi connectivity index (χ1v) is 6.83. The molecule has 88 valence electrons. The van der Waals surface area contributed by atoms with Gasteiger partial charge in [0, 0.05) is 25.6 Å². The predicted octanol–water partition coefficient (Wildman–Crippen LogP) is 4.29. The van der Waals surface area contributed by atoms with Crippen LogP contribution in [0.5, 0.6) is 0 Å². The van der Waals surface area contributed by atoms with Crippen molar-refractivity contribution in [1.29, 1.82) is 0 Å². The van der Waals surface area contributed by atoms with Gasteiger partial charge >= 0.3 is 0 Å². The summed E-state index contributed by atoms with van der Waals surface area (Å²) in [6.07, 6.45) is 0. The molecule has 0 atom stereocenters. The Labute approximate surface area is 117 Å². The lowest BCUT2D eigenvalue weighted by Gasteiger charge is -2.01. The fourth-order valence-electron chi connectivity index (χ4n) is 1.46.